The number of rotatable bonds is 4. The summed E-state index contributed by atoms with van der Waals surface area (Å²) in [7, 11) is -2.93. The number of methoxy groups -OCH3 is 1. The standard InChI is InChI=1S/C19H16F3N3O4S/c1-28-17-7-16-11(6-15(17)22)19-18(8-24-16)29-3-2-25(19)9-12-13(20)4-10(5-14(12)21)30(23,26)27/h4-8H,2-3,9H2,1H3,(H2,23,26,27). The van der Waals surface area contributed by atoms with Gasteiger partial charge in [0, 0.05) is 23.6 Å². The predicted molar refractivity (Wildman–Crippen MR) is 103 cm³/mol. The zero-order valence-electron chi connectivity index (χ0n) is 15.7. The molecule has 0 fully saturated rings. The van der Waals surface area contributed by atoms with Gasteiger partial charge in [-0.25, -0.2) is 26.7 Å². The number of primary sulfonamides is 1. The summed E-state index contributed by atoms with van der Waals surface area (Å²) < 4.78 is 76.8. The molecule has 1 aliphatic heterocycles. The van der Waals surface area contributed by atoms with Crippen molar-refractivity contribution in [2.75, 3.05) is 25.2 Å². The Bertz CT molecular complexity index is 1240. The number of hydrogen-bond donors (Lipinski definition) is 1. The smallest absolute Gasteiger partial charge is 0.238 e. The Morgan fingerprint density at radius 3 is 2.50 bits per heavy atom. The molecule has 7 nitrogen and oxygen atoms in total. The number of sulfonamides is 1. The lowest BCUT2D eigenvalue weighted by Gasteiger charge is -2.32. The lowest BCUT2D eigenvalue weighted by atomic mass is 10.1. The van der Waals surface area contributed by atoms with E-state index in [0.29, 0.717) is 34.5 Å². The zero-order valence-corrected chi connectivity index (χ0v) is 16.5. The molecule has 0 saturated heterocycles. The molecule has 0 saturated carbocycles. The molecule has 2 heterocycles. The van der Waals surface area contributed by atoms with Crippen LogP contribution in [0.4, 0.5) is 18.9 Å². The van der Waals surface area contributed by atoms with Crippen molar-refractivity contribution in [1.29, 1.82) is 0 Å². The van der Waals surface area contributed by atoms with Crippen LogP contribution in [0.15, 0.2) is 35.4 Å². The van der Waals surface area contributed by atoms with Crippen molar-refractivity contribution in [3.8, 4) is 11.5 Å². The molecular weight excluding hydrogens is 423 g/mol. The SMILES string of the molecule is COc1cc2ncc3c(c2cc1F)N(Cc1c(F)cc(S(N)(=O)=O)cc1F)CCO3. The fourth-order valence-electron chi connectivity index (χ4n) is 3.37. The quantitative estimate of drug-likeness (QED) is 0.672. The predicted octanol–water partition coefficient (Wildman–Crippen LogP) is 2.71. The maximum absolute atomic E-state index is 14.5. The summed E-state index contributed by atoms with van der Waals surface area (Å²) in [5.74, 6) is -2.40. The van der Waals surface area contributed by atoms with Gasteiger partial charge < -0.3 is 14.4 Å². The molecule has 0 aliphatic carbocycles. The van der Waals surface area contributed by atoms with Gasteiger partial charge in [-0.2, -0.15) is 0 Å². The van der Waals surface area contributed by atoms with Crippen LogP contribution in [0, 0.1) is 17.5 Å². The van der Waals surface area contributed by atoms with Crippen molar-refractivity contribution in [2.24, 2.45) is 5.14 Å². The number of halogens is 3. The van der Waals surface area contributed by atoms with Crippen LogP contribution in [0.1, 0.15) is 5.56 Å². The first kappa shape index (κ1) is 20.2. The monoisotopic (exact) mass is 439 g/mol. The number of nitrogens with two attached hydrogens (primary N) is 1. The second-order valence-corrected chi connectivity index (χ2v) is 8.22. The number of hydrogen-bond acceptors (Lipinski definition) is 6. The molecule has 0 radical (unpaired) electrons. The summed E-state index contributed by atoms with van der Waals surface area (Å²) in [5.41, 5.74) is 0.476. The third-order valence-corrected chi connectivity index (χ3v) is 5.70. The number of anilines is 1. The van der Waals surface area contributed by atoms with E-state index in [0.717, 1.165) is 0 Å². The second kappa shape index (κ2) is 7.33. The Balaban J connectivity index is 1.81. The molecule has 0 amide bonds. The van der Waals surface area contributed by atoms with E-state index in [1.165, 1.54) is 25.4 Å². The Kier molecular flexibility index (Phi) is 4.94. The van der Waals surface area contributed by atoms with Gasteiger partial charge in [-0.3, -0.25) is 4.98 Å². The van der Waals surface area contributed by atoms with E-state index in [9.17, 15) is 21.6 Å². The first-order valence-electron chi connectivity index (χ1n) is 8.73. The van der Waals surface area contributed by atoms with Crippen LogP contribution < -0.4 is 19.5 Å². The van der Waals surface area contributed by atoms with E-state index >= 15 is 0 Å². The summed E-state index contributed by atoms with van der Waals surface area (Å²) in [6.45, 7) is 0.235. The summed E-state index contributed by atoms with van der Waals surface area (Å²) in [5, 5.41) is 5.33. The van der Waals surface area contributed by atoms with Crippen LogP contribution in [-0.4, -0.2) is 33.7 Å². The van der Waals surface area contributed by atoms with E-state index in [1.807, 2.05) is 0 Å². The van der Waals surface area contributed by atoms with Crippen molar-refractivity contribution in [3.05, 3.63) is 53.5 Å². The first-order chi connectivity index (χ1) is 14.2. The fourth-order valence-corrected chi connectivity index (χ4v) is 3.91. The molecule has 30 heavy (non-hydrogen) atoms. The van der Waals surface area contributed by atoms with E-state index in [2.05, 4.69) is 4.98 Å². The molecule has 4 rings (SSSR count). The number of fused-ring (bicyclic) bond motifs is 3. The van der Waals surface area contributed by atoms with Crippen LogP contribution in [0.5, 0.6) is 11.5 Å². The maximum Gasteiger partial charge on any atom is 0.238 e. The molecule has 11 heteroatoms. The minimum Gasteiger partial charge on any atom is -0.494 e. The van der Waals surface area contributed by atoms with Crippen molar-refractivity contribution in [2.45, 2.75) is 11.4 Å². The number of pyridine rings is 1. The van der Waals surface area contributed by atoms with E-state index < -0.39 is 32.4 Å². The molecule has 1 aliphatic rings. The van der Waals surface area contributed by atoms with Gasteiger partial charge in [0.05, 0.1) is 36.0 Å². The van der Waals surface area contributed by atoms with Gasteiger partial charge in [0.25, 0.3) is 0 Å². The Labute approximate surface area is 169 Å². The molecule has 1 aromatic heterocycles. The van der Waals surface area contributed by atoms with E-state index in [4.69, 9.17) is 14.6 Å². The van der Waals surface area contributed by atoms with Crippen LogP contribution in [0.25, 0.3) is 10.9 Å². The van der Waals surface area contributed by atoms with E-state index in [-0.39, 0.29) is 31.0 Å². The van der Waals surface area contributed by atoms with Gasteiger partial charge in [-0.15, -0.1) is 0 Å². The Morgan fingerprint density at radius 2 is 1.87 bits per heavy atom. The summed E-state index contributed by atoms with van der Waals surface area (Å²) in [6, 6.07) is 3.98. The van der Waals surface area contributed by atoms with Crippen molar-refractivity contribution >= 4 is 26.6 Å². The molecule has 2 N–H and O–H groups in total. The van der Waals surface area contributed by atoms with E-state index in [1.54, 1.807) is 4.90 Å². The van der Waals surface area contributed by atoms with Crippen molar-refractivity contribution < 1.29 is 31.1 Å². The first-order valence-corrected chi connectivity index (χ1v) is 10.3. The summed E-state index contributed by atoms with van der Waals surface area (Å²) >= 11 is 0. The molecule has 0 spiro atoms. The average Bonchev–Trinajstić information content (AvgIpc) is 2.69. The summed E-state index contributed by atoms with van der Waals surface area (Å²) in [4.78, 5) is 5.19. The van der Waals surface area contributed by atoms with Gasteiger partial charge in [0.1, 0.15) is 18.2 Å². The third kappa shape index (κ3) is 3.50. The lowest BCUT2D eigenvalue weighted by molar-refractivity contribution is 0.305. The van der Waals surface area contributed by atoms with Crippen LogP contribution in [-0.2, 0) is 16.6 Å². The van der Waals surface area contributed by atoms with Crippen LogP contribution in [0.3, 0.4) is 0 Å². The highest BCUT2D eigenvalue weighted by atomic mass is 32.2. The van der Waals surface area contributed by atoms with Gasteiger partial charge in [-0.05, 0) is 18.2 Å². The molecule has 0 bridgehead atoms. The molecule has 158 valence electrons. The number of nitrogens with zero attached hydrogens (tertiary/aromatic N) is 2. The number of aromatic nitrogens is 1. The van der Waals surface area contributed by atoms with Gasteiger partial charge in [0.2, 0.25) is 10.0 Å². The molecule has 0 atom stereocenters. The molecule has 0 unspecified atom stereocenters. The average molecular weight is 439 g/mol. The third-order valence-electron chi connectivity index (χ3n) is 4.81. The van der Waals surface area contributed by atoms with Gasteiger partial charge >= 0.3 is 0 Å². The van der Waals surface area contributed by atoms with Crippen molar-refractivity contribution in [1.82, 2.24) is 4.98 Å². The lowest BCUT2D eigenvalue weighted by Crippen LogP contribution is -2.33. The van der Waals surface area contributed by atoms with Gasteiger partial charge in [-0.1, -0.05) is 0 Å². The zero-order chi connectivity index (χ0) is 21.6. The topological polar surface area (TPSA) is 94.7 Å². The molecule has 2 aromatic carbocycles. The highest BCUT2D eigenvalue weighted by Crippen LogP contribution is 2.40. The van der Waals surface area contributed by atoms with Crippen LogP contribution >= 0.6 is 0 Å². The molecule has 3 aromatic rings. The fraction of sp³-hybridized carbons (Fsp3) is 0.211. The molecular formula is C19H16F3N3O4S. The normalized spacial score (nSPS) is 13.8. The highest BCUT2D eigenvalue weighted by molar-refractivity contribution is 7.89. The largest absolute Gasteiger partial charge is 0.494 e. The minimum atomic E-state index is -4.26. The minimum absolute atomic E-state index is 0.00824. The summed E-state index contributed by atoms with van der Waals surface area (Å²) in [6.07, 6.45) is 1.44. The van der Waals surface area contributed by atoms with Crippen LogP contribution in [0.2, 0.25) is 0 Å². The van der Waals surface area contributed by atoms with Gasteiger partial charge in [0.15, 0.2) is 17.3 Å². The maximum atomic E-state index is 14.5. The Hall–Kier alpha value is -3.05. The second-order valence-electron chi connectivity index (χ2n) is 6.66. The number of ether oxygens (including phenoxy) is 2. The Morgan fingerprint density at radius 1 is 1.17 bits per heavy atom. The van der Waals surface area contributed by atoms with Crippen molar-refractivity contribution in [3.63, 3.8) is 0 Å². The number of benzene rings is 2. The highest BCUT2D eigenvalue weighted by Gasteiger charge is 2.26.